The maximum absolute atomic E-state index is 5.22. The first-order chi connectivity index (χ1) is 25.5. The molecule has 1 unspecified atom stereocenters. The molecule has 0 spiro atoms. The van der Waals surface area contributed by atoms with Crippen LogP contribution in [0.2, 0.25) is 0 Å². The largest absolute Gasteiger partial charge is 0.333 e. The molecular formula is C49H39N3. The Bertz CT molecular complexity index is 2480. The van der Waals surface area contributed by atoms with E-state index in [0.717, 1.165) is 35.2 Å². The zero-order valence-electron chi connectivity index (χ0n) is 29.6. The van der Waals surface area contributed by atoms with Crippen LogP contribution in [0.1, 0.15) is 53.6 Å². The number of para-hydroxylation sites is 1. The molecule has 0 N–H and O–H groups in total. The summed E-state index contributed by atoms with van der Waals surface area (Å²) in [5, 5.41) is 0. The Hall–Kier alpha value is -6.32. The van der Waals surface area contributed by atoms with E-state index in [1.165, 1.54) is 61.5 Å². The van der Waals surface area contributed by atoms with Crippen LogP contribution >= 0.6 is 0 Å². The van der Waals surface area contributed by atoms with Crippen LogP contribution in [0.25, 0.3) is 33.5 Å². The normalized spacial score (nSPS) is 16.0. The molecule has 2 aliphatic carbocycles. The van der Waals surface area contributed by atoms with Crippen LogP contribution in [0.4, 0.5) is 11.4 Å². The number of amidine groups is 1. The number of anilines is 2. The molecule has 1 heterocycles. The highest BCUT2D eigenvalue weighted by Crippen LogP contribution is 2.49. The quantitative estimate of drug-likeness (QED) is 0.128. The van der Waals surface area contributed by atoms with Gasteiger partial charge in [-0.2, -0.15) is 0 Å². The van der Waals surface area contributed by atoms with Gasteiger partial charge in [0.25, 0.3) is 0 Å². The summed E-state index contributed by atoms with van der Waals surface area (Å²) in [4.78, 5) is 12.9. The Morgan fingerprint density at radius 1 is 0.673 bits per heavy atom. The van der Waals surface area contributed by atoms with E-state index < -0.39 is 0 Å². The molecule has 250 valence electrons. The fourth-order valence-corrected chi connectivity index (χ4v) is 8.03. The van der Waals surface area contributed by atoms with Crippen LogP contribution in [0.3, 0.4) is 0 Å². The summed E-state index contributed by atoms with van der Waals surface area (Å²) >= 11 is 0. The second-order valence-corrected chi connectivity index (χ2v) is 13.9. The van der Waals surface area contributed by atoms with Gasteiger partial charge in [0, 0.05) is 28.2 Å². The van der Waals surface area contributed by atoms with E-state index in [1.807, 2.05) is 48.5 Å². The highest BCUT2D eigenvalue weighted by atomic mass is 15.2. The zero-order valence-corrected chi connectivity index (χ0v) is 29.6. The lowest BCUT2D eigenvalue weighted by Crippen LogP contribution is -2.27. The molecule has 0 saturated carbocycles. The van der Waals surface area contributed by atoms with Gasteiger partial charge in [0.2, 0.25) is 0 Å². The lowest BCUT2D eigenvalue weighted by Gasteiger charge is -2.29. The number of benzene rings is 6. The van der Waals surface area contributed by atoms with Crippen molar-refractivity contribution in [3.63, 3.8) is 0 Å². The molecule has 0 aromatic heterocycles. The van der Waals surface area contributed by atoms with Gasteiger partial charge in [-0.3, -0.25) is 0 Å². The van der Waals surface area contributed by atoms with E-state index in [9.17, 15) is 0 Å². The van der Waals surface area contributed by atoms with Crippen molar-refractivity contribution in [1.29, 1.82) is 0 Å². The third-order valence-electron chi connectivity index (χ3n) is 10.6. The van der Waals surface area contributed by atoms with E-state index in [0.29, 0.717) is 17.6 Å². The fourth-order valence-electron chi connectivity index (χ4n) is 8.03. The van der Waals surface area contributed by atoms with Crippen molar-refractivity contribution >= 4 is 34.2 Å². The lowest BCUT2D eigenvalue weighted by atomic mass is 9.90. The van der Waals surface area contributed by atoms with Gasteiger partial charge in [-0.15, -0.1) is 0 Å². The Kier molecular flexibility index (Phi) is 7.97. The topological polar surface area (TPSA) is 28.0 Å². The standard InChI is InChI=1S/C49H39N3/c1-32-22-26-46-44(28-32)45-31-38(25-27-47(45)52(46)41-19-11-6-12-20-41)37-23-24-39-29-40-18-13-21-42(48(40)43(39)30-37)49(50-33(2)35-14-7-4-8-15-35)51-34(3)36-16-9-5-10-17-36/h4-25,27-28,30-31,46H,2,26,29H2,1,3H3. The van der Waals surface area contributed by atoms with Crippen molar-refractivity contribution in [2.24, 2.45) is 9.98 Å². The molecule has 52 heavy (non-hydrogen) atoms. The number of fused-ring (bicyclic) bond motifs is 6. The third kappa shape index (κ3) is 5.65. The molecular weight excluding hydrogens is 631 g/mol. The van der Waals surface area contributed by atoms with Gasteiger partial charge in [-0.1, -0.05) is 140 Å². The first-order valence-corrected chi connectivity index (χ1v) is 18.1. The molecule has 6 aromatic rings. The predicted molar refractivity (Wildman–Crippen MR) is 220 cm³/mol. The molecule has 0 fully saturated rings. The van der Waals surface area contributed by atoms with Crippen LogP contribution in [0.5, 0.6) is 0 Å². The van der Waals surface area contributed by atoms with E-state index in [4.69, 9.17) is 9.98 Å². The minimum absolute atomic E-state index is 0.300. The Morgan fingerprint density at radius 3 is 2.10 bits per heavy atom. The maximum Gasteiger partial charge on any atom is 0.160 e. The fraction of sp³-hybridized carbons (Fsp3) is 0.102. The van der Waals surface area contributed by atoms with E-state index in [-0.39, 0.29) is 0 Å². The van der Waals surface area contributed by atoms with E-state index in [2.05, 4.69) is 135 Å². The molecule has 0 bridgehead atoms. The van der Waals surface area contributed by atoms with Gasteiger partial charge in [-0.25, -0.2) is 9.98 Å². The lowest BCUT2D eigenvalue weighted by molar-refractivity contribution is 0.823. The van der Waals surface area contributed by atoms with Gasteiger partial charge in [0.15, 0.2) is 5.84 Å². The van der Waals surface area contributed by atoms with Crippen molar-refractivity contribution in [2.75, 3.05) is 4.90 Å². The van der Waals surface area contributed by atoms with Gasteiger partial charge >= 0.3 is 0 Å². The van der Waals surface area contributed by atoms with Gasteiger partial charge in [0.1, 0.15) is 0 Å². The van der Waals surface area contributed by atoms with Crippen molar-refractivity contribution in [2.45, 2.75) is 32.7 Å². The number of hydrogen-bond acceptors (Lipinski definition) is 2. The zero-order chi connectivity index (χ0) is 35.2. The molecule has 0 amide bonds. The number of aliphatic imine (C=N–C) groups is 2. The summed E-state index contributed by atoms with van der Waals surface area (Å²) in [6, 6.07) is 52.1. The summed E-state index contributed by atoms with van der Waals surface area (Å²) in [6.07, 6.45) is 6.63. The van der Waals surface area contributed by atoms with Crippen molar-refractivity contribution in [3.05, 3.63) is 203 Å². The SMILES string of the molecule is C=C(N=C(N=C(C)c1ccccc1)c1cccc2c1-c1cc(-c3ccc4c(c3)C3=CC(C)=CCC3N4c3ccccc3)ccc1C2)c1ccccc1. The summed E-state index contributed by atoms with van der Waals surface area (Å²) in [5.41, 5.74) is 18.7. The van der Waals surface area contributed by atoms with Gasteiger partial charge in [-0.05, 0) is 107 Å². The van der Waals surface area contributed by atoms with E-state index >= 15 is 0 Å². The predicted octanol–water partition coefficient (Wildman–Crippen LogP) is 12.1. The van der Waals surface area contributed by atoms with Crippen LogP contribution in [-0.2, 0) is 6.42 Å². The molecule has 0 radical (unpaired) electrons. The summed E-state index contributed by atoms with van der Waals surface area (Å²) in [5.74, 6) is 0.669. The molecule has 6 aromatic carbocycles. The second-order valence-electron chi connectivity index (χ2n) is 13.9. The third-order valence-corrected chi connectivity index (χ3v) is 10.6. The van der Waals surface area contributed by atoms with Crippen molar-refractivity contribution < 1.29 is 0 Å². The Balaban J connectivity index is 1.15. The number of rotatable bonds is 6. The number of hydrogen-bond donors (Lipinski definition) is 0. The molecule has 0 saturated heterocycles. The summed E-state index contributed by atoms with van der Waals surface area (Å²) < 4.78 is 0. The first-order valence-electron chi connectivity index (χ1n) is 18.1. The molecule has 1 atom stereocenters. The smallest absolute Gasteiger partial charge is 0.160 e. The second kappa shape index (κ2) is 13.1. The maximum atomic E-state index is 5.22. The average Bonchev–Trinajstić information content (AvgIpc) is 3.73. The van der Waals surface area contributed by atoms with Crippen LogP contribution in [0, 0.1) is 0 Å². The summed E-state index contributed by atoms with van der Waals surface area (Å²) in [6.45, 7) is 8.65. The monoisotopic (exact) mass is 669 g/mol. The average molecular weight is 670 g/mol. The minimum atomic E-state index is 0.300. The summed E-state index contributed by atoms with van der Waals surface area (Å²) in [7, 11) is 0. The molecule has 3 heteroatoms. The van der Waals surface area contributed by atoms with Crippen molar-refractivity contribution in [1.82, 2.24) is 0 Å². The van der Waals surface area contributed by atoms with E-state index in [1.54, 1.807) is 0 Å². The van der Waals surface area contributed by atoms with Gasteiger partial charge < -0.3 is 4.90 Å². The van der Waals surface area contributed by atoms with Crippen LogP contribution < -0.4 is 4.90 Å². The Morgan fingerprint density at radius 2 is 1.35 bits per heavy atom. The van der Waals surface area contributed by atoms with Crippen molar-refractivity contribution in [3.8, 4) is 22.3 Å². The number of nitrogens with zero attached hydrogens (tertiary/aromatic N) is 3. The van der Waals surface area contributed by atoms with Crippen LogP contribution in [0.15, 0.2) is 180 Å². The first kappa shape index (κ1) is 31.6. The Labute approximate surface area is 306 Å². The molecule has 3 nitrogen and oxygen atoms in total. The molecule has 9 rings (SSSR count). The highest BCUT2D eigenvalue weighted by molar-refractivity contribution is 6.16. The molecule has 1 aliphatic heterocycles. The van der Waals surface area contributed by atoms with Gasteiger partial charge in [0.05, 0.1) is 11.7 Å². The molecule has 3 aliphatic rings. The number of allylic oxidation sites excluding steroid dienone is 2. The minimum Gasteiger partial charge on any atom is -0.333 e. The van der Waals surface area contributed by atoms with Crippen LogP contribution in [-0.4, -0.2) is 17.6 Å². The highest BCUT2D eigenvalue weighted by Gasteiger charge is 2.36.